The molecule has 2 aromatic rings. The SMILES string of the molecule is O=C(Nc1ccc(NS(=O)(=O)c2cccnc2Cl)cc1)C1CC1. The molecule has 120 valence electrons. The molecule has 1 aromatic heterocycles. The van der Waals surface area contributed by atoms with Crippen molar-refractivity contribution < 1.29 is 13.2 Å². The number of hydrogen-bond acceptors (Lipinski definition) is 4. The van der Waals surface area contributed by atoms with Gasteiger partial charge in [-0.3, -0.25) is 9.52 Å². The third kappa shape index (κ3) is 3.80. The zero-order valence-corrected chi connectivity index (χ0v) is 13.6. The van der Waals surface area contributed by atoms with E-state index in [-0.39, 0.29) is 21.9 Å². The smallest absolute Gasteiger partial charge is 0.264 e. The van der Waals surface area contributed by atoms with E-state index in [4.69, 9.17) is 11.6 Å². The van der Waals surface area contributed by atoms with Gasteiger partial charge in [0.25, 0.3) is 10.0 Å². The third-order valence-electron chi connectivity index (χ3n) is 3.37. The van der Waals surface area contributed by atoms with E-state index in [1.54, 1.807) is 24.3 Å². The van der Waals surface area contributed by atoms with Crippen LogP contribution in [0.15, 0.2) is 47.5 Å². The summed E-state index contributed by atoms with van der Waals surface area (Å²) in [5, 5.41) is 2.70. The second kappa shape index (κ2) is 6.17. The third-order valence-corrected chi connectivity index (χ3v) is 5.19. The Morgan fingerprint density at radius 2 is 1.78 bits per heavy atom. The van der Waals surface area contributed by atoms with Crippen LogP contribution in [0.2, 0.25) is 5.15 Å². The lowest BCUT2D eigenvalue weighted by Crippen LogP contribution is -2.15. The minimum Gasteiger partial charge on any atom is -0.326 e. The fraction of sp³-hybridized carbons (Fsp3) is 0.200. The molecule has 0 radical (unpaired) electrons. The zero-order chi connectivity index (χ0) is 16.4. The molecule has 0 atom stereocenters. The second-order valence-corrected chi connectivity index (χ2v) is 7.25. The Morgan fingerprint density at radius 1 is 1.13 bits per heavy atom. The molecule has 1 aliphatic rings. The monoisotopic (exact) mass is 351 g/mol. The normalized spacial score (nSPS) is 14.3. The van der Waals surface area contributed by atoms with Gasteiger partial charge in [-0.1, -0.05) is 11.6 Å². The predicted molar refractivity (Wildman–Crippen MR) is 87.9 cm³/mol. The standard InChI is InChI=1S/C15H14ClN3O3S/c16-14-13(2-1-9-17-14)23(21,22)19-12-7-5-11(6-8-12)18-15(20)10-3-4-10/h1-2,5-10,19H,3-4H2,(H,18,20). The molecule has 8 heteroatoms. The van der Waals surface area contributed by atoms with Gasteiger partial charge in [0.2, 0.25) is 5.91 Å². The average Bonchev–Trinajstić information content (AvgIpc) is 3.34. The molecule has 0 aliphatic heterocycles. The Labute approximate surface area is 138 Å². The van der Waals surface area contributed by atoms with E-state index in [9.17, 15) is 13.2 Å². The minimum atomic E-state index is -3.82. The van der Waals surface area contributed by atoms with Crippen molar-refractivity contribution in [1.29, 1.82) is 0 Å². The van der Waals surface area contributed by atoms with Crippen LogP contribution in [0, 0.1) is 5.92 Å². The summed E-state index contributed by atoms with van der Waals surface area (Å²) in [7, 11) is -3.82. The van der Waals surface area contributed by atoms with Gasteiger partial charge in [0.15, 0.2) is 0 Å². The number of nitrogens with zero attached hydrogens (tertiary/aromatic N) is 1. The number of amides is 1. The van der Waals surface area contributed by atoms with Gasteiger partial charge >= 0.3 is 0 Å². The van der Waals surface area contributed by atoms with E-state index in [1.165, 1.54) is 18.3 Å². The summed E-state index contributed by atoms with van der Waals surface area (Å²) in [4.78, 5) is 15.3. The molecule has 1 aliphatic carbocycles. The van der Waals surface area contributed by atoms with Crippen LogP contribution >= 0.6 is 11.6 Å². The molecule has 0 unspecified atom stereocenters. The zero-order valence-electron chi connectivity index (χ0n) is 12.0. The number of benzene rings is 1. The van der Waals surface area contributed by atoms with Crippen LogP contribution in [0.1, 0.15) is 12.8 Å². The molecule has 1 amide bonds. The van der Waals surface area contributed by atoms with Crippen molar-refractivity contribution in [2.45, 2.75) is 17.7 Å². The Morgan fingerprint density at radius 3 is 2.39 bits per heavy atom. The van der Waals surface area contributed by atoms with Crippen molar-refractivity contribution in [1.82, 2.24) is 4.98 Å². The first-order valence-electron chi connectivity index (χ1n) is 7.00. The number of pyridine rings is 1. The molecule has 1 fully saturated rings. The Balaban J connectivity index is 1.72. The largest absolute Gasteiger partial charge is 0.326 e. The van der Waals surface area contributed by atoms with Crippen LogP contribution in [-0.4, -0.2) is 19.3 Å². The molecule has 1 aromatic carbocycles. The molecule has 0 bridgehead atoms. The number of hydrogen-bond donors (Lipinski definition) is 2. The van der Waals surface area contributed by atoms with Crippen molar-refractivity contribution in [2.24, 2.45) is 5.92 Å². The van der Waals surface area contributed by atoms with Crippen molar-refractivity contribution in [3.8, 4) is 0 Å². The van der Waals surface area contributed by atoms with Gasteiger partial charge in [-0.15, -0.1) is 0 Å². The summed E-state index contributed by atoms with van der Waals surface area (Å²) < 4.78 is 27.0. The molecule has 1 saturated carbocycles. The van der Waals surface area contributed by atoms with Crippen LogP contribution in [0.3, 0.4) is 0 Å². The van der Waals surface area contributed by atoms with E-state index >= 15 is 0 Å². The van der Waals surface area contributed by atoms with Crippen molar-refractivity contribution >= 4 is 38.9 Å². The highest BCUT2D eigenvalue weighted by molar-refractivity contribution is 7.92. The summed E-state index contributed by atoms with van der Waals surface area (Å²) in [6.07, 6.45) is 3.27. The molecule has 0 saturated heterocycles. The van der Waals surface area contributed by atoms with E-state index in [1.807, 2.05) is 0 Å². The van der Waals surface area contributed by atoms with Gasteiger partial charge in [-0.2, -0.15) is 0 Å². The highest BCUT2D eigenvalue weighted by Gasteiger charge is 2.29. The highest BCUT2D eigenvalue weighted by Crippen LogP contribution is 2.30. The van der Waals surface area contributed by atoms with Gasteiger partial charge in [0.05, 0.1) is 0 Å². The Hall–Kier alpha value is -2.12. The van der Waals surface area contributed by atoms with Gasteiger partial charge < -0.3 is 5.32 Å². The van der Waals surface area contributed by atoms with E-state index in [2.05, 4.69) is 15.0 Å². The number of carbonyl (C=O) groups excluding carboxylic acids is 1. The van der Waals surface area contributed by atoms with Crippen LogP contribution in [0.5, 0.6) is 0 Å². The number of carbonyl (C=O) groups is 1. The first-order chi connectivity index (χ1) is 11.0. The topological polar surface area (TPSA) is 88.2 Å². The average molecular weight is 352 g/mol. The van der Waals surface area contributed by atoms with Crippen LogP contribution < -0.4 is 10.0 Å². The predicted octanol–water partition coefficient (Wildman–Crippen LogP) is 2.88. The summed E-state index contributed by atoms with van der Waals surface area (Å²) in [6.45, 7) is 0. The van der Waals surface area contributed by atoms with Crippen molar-refractivity contribution in [2.75, 3.05) is 10.0 Å². The highest BCUT2D eigenvalue weighted by atomic mass is 35.5. The Kier molecular flexibility index (Phi) is 4.23. The van der Waals surface area contributed by atoms with E-state index in [0.717, 1.165) is 12.8 Å². The number of halogens is 1. The molecule has 6 nitrogen and oxygen atoms in total. The summed E-state index contributed by atoms with van der Waals surface area (Å²) in [6, 6.07) is 9.31. The summed E-state index contributed by atoms with van der Waals surface area (Å²) in [5.41, 5.74) is 0.999. The molecule has 3 rings (SSSR count). The maximum atomic E-state index is 12.3. The maximum Gasteiger partial charge on any atom is 0.264 e. The number of anilines is 2. The molecular weight excluding hydrogens is 338 g/mol. The lowest BCUT2D eigenvalue weighted by molar-refractivity contribution is -0.117. The minimum absolute atomic E-state index is 0.000437. The van der Waals surface area contributed by atoms with E-state index < -0.39 is 10.0 Å². The lowest BCUT2D eigenvalue weighted by Gasteiger charge is -2.10. The molecule has 23 heavy (non-hydrogen) atoms. The van der Waals surface area contributed by atoms with E-state index in [0.29, 0.717) is 11.4 Å². The summed E-state index contributed by atoms with van der Waals surface area (Å²) >= 11 is 5.82. The van der Waals surface area contributed by atoms with Crippen LogP contribution in [-0.2, 0) is 14.8 Å². The van der Waals surface area contributed by atoms with Gasteiger partial charge in [-0.05, 0) is 49.2 Å². The molecule has 1 heterocycles. The lowest BCUT2D eigenvalue weighted by atomic mass is 10.2. The quantitative estimate of drug-likeness (QED) is 0.811. The first-order valence-corrected chi connectivity index (χ1v) is 8.86. The number of aromatic nitrogens is 1. The van der Waals surface area contributed by atoms with Gasteiger partial charge in [0, 0.05) is 23.5 Å². The molecule has 0 spiro atoms. The van der Waals surface area contributed by atoms with Gasteiger partial charge in [-0.25, -0.2) is 13.4 Å². The number of rotatable bonds is 5. The molecule has 2 N–H and O–H groups in total. The van der Waals surface area contributed by atoms with Gasteiger partial charge in [0.1, 0.15) is 10.0 Å². The Bertz CT molecular complexity index is 833. The number of sulfonamides is 1. The fourth-order valence-electron chi connectivity index (χ4n) is 1.99. The summed E-state index contributed by atoms with van der Waals surface area (Å²) in [5.74, 6) is 0.112. The van der Waals surface area contributed by atoms with Crippen LogP contribution in [0.25, 0.3) is 0 Å². The first kappa shape index (κ1) is 15.8. The van der Waals surface area contributed by atoms with Crippen molar-refractivity contribution in [3.63, 3.8) is 0 Å². The number of nitrogens with one attached hydrogen (secondary N) is 2. The second-order valence-electron chi connectivity index (χ2n) is 5.24. The maximum absolute atomic E-state index is 12.3. The van der Waals surface area contributed by atoms with Crippen molar-refractivity contribution in [3.05, 3.63) is 47.7 Å². The molecular formula is C15H14ClN3O3S. The van der Waals surface area contributed by atoms with Crippen LogP contribution in [0.4, 0.5) is 11.4 Å². The fourth-order valence-corrected chi connectivity index (χ4v) is 3.51.